The molecule has 0 saturated carbocycles. The van der Waals surface area contributed by atoms with Crippen molar-refractivity contribution < 1.29 is 4.11 Å². The van der Waals surface area contributed by atoms with Gasteiger partial charge in [-0.25, -0.2) is 15.0 Å². The van der Waals surface area contributed by atoms with Gasteiger partial charge in [0.1, 0.15) is 0 Å². The second-order valence-corrected chi connectivity index (χ2v) is 9.22. The van der Waals surface area contributed by atoms with Crippen molar-refractivity contribution in [2.75, 3.05) is 0 Å². The molecule has 0 bridgehead atoms. The van der Waals surface area contributed by atoms with Crippen molar-refractivity contribution in [2.24, 2.45) is 0 Å². The molecule has 0 aliphatic carbocycles. The second-order valence-electron chi connectivity index (χ2n) is 8.84. The lowest BCUT2D eigenvalue weighted by Gasteiger charge is -2.10. The van der Waals surface area contributed by atoms with Crippen LogP contribution in [0.25, 0.3) is 66.5 Å². The Hall–Kier alpha value is -4.60. The molecule has 4 heteroatoms. The number of hydrogen-bond acceptors (Lipinski definition) is 3. The molecular formula is C33H20ClN3. The zero-order chi connectivity index (χ0) is 27.4. The third-order valence-electron chi connectivity index (χ3n) is 6.52. The first-order chi connectivity index (χ1) is 19.5. The summed E-state index contributed by atoms with van der Waals surface area (Å²) in [4.78, 5) is 14.3. The average molecular weight is 497 g/mol. The number of nitrogens with zero attached hydrogens (tertiary/aromatic N) is 3. The first-order valence-corrected chi connectivity index (χ1v) is 12.3. The molecule has 37 heavy (non-hydrogen) atoms. The topological polar surface area (TPSA) is 38.7 Å². The lowest BCUT2D eigenvalue weighted by Crippen LogP contribution is -2.00. The van der Waals surface area contributed by atoms with E-state index in [-0.39, 0.29) is 34.5 Å². The Morgan fingerprint density at radius 1 is 0.486 bits per heavy atom. The van der Waals surface area contributed by atoms with Crippen molar-refractivity contribution in [3.8, 4) is 34.2 Å². The maximum absolute atomic E-state index is 8.58. The molecule has 1 heterocycles. The molecule has 0 radical (unpaired) electrons. The molecule has 7 aromatic rings. The van der Waals surface area contributed by atoms with E-state index >= 15 is 0 Å². The van der Waals surface area contributed by atoms with Gasteiger partial charge in [0.05, 0.1) is 4.11 Å². The number of hydrogen-bond donors (Lipinski definition) is 0. The zero-order valence-electron chi connectivity index (χ0n) is 22.5. The quantitative estimate of drug-likeness (QED) is 0.229. The molecule has 0 saturated heterocycles. The normalized spacial score (nSPS) is 12.5. The van der Waals surface area contributed by atoms with Crippen LogP contribution in [0.15, 0.2) is 121 Å². The Labute approximate surface area is 223 Å². The molecule has 0 unspecified atom stereocenters. The Balaban J connectivity index is 1.47. The standard InChI is InChI=1S/C33H20ClN3/c34-28-10-5-9-25(20-28)31-35-32(26-15-12-21-6-1-2-8-23(21)18-26)37-33(36-31)27-16-17-30-24(19-27)14-13-22-7-3-4-11-29(22)30/h1-20H/i9D,10D,20D. The van der Waals surface area contributed by atoms with Crippen LogP contribution in [0.1, 0.15) is 4.11 Å². The van der Waals surface area contributed by atoms with Crippen molar-refractivity contribution in [2.45, 2.75) is 0 Å². The summed E-state index contributed by atoms with van der Waals surface area (Å²) in [5.41, 5.74) is 1.74. The van der Waals surface area contributed by atoms with Gasteiger partial charge in [-0.1, -0.05) is 109 Å². The molecule has 0 N–H and O–H groups in total. The highest BCUT2D eigenvalue weighted by Gasteiger charge is 2.14. The second kappa shape index (κ2) is 8.81. The van der Waals surface area contributed by atoms with E-state index < -0.39 is 0 Å². The van der Waals surface area contributed by atoms with Gasteiger partial charge in [-0.2, -0.15) is 0 Å². The van der Waals surface area contributed by atoms with E-state index in [4.69, 9.17) is 30.7 Å². The van der Waals surface area contributed by atoms with E-state index in [1.165, 1.54) is 16.8 Å². The molecule has 3 nitrogen and oxygen atoms in total. The predicted molar refractivity (Wildman–Crippen MR) is 154 cm³/mol. The van der Waals surface area contributed by atoms with Gasteiger partial charge >= 0.3 is 0 Å². The van der Waals surface area contributed by atoms with Gasteiger partial charge in [0.25, 0.3) is 0 Å². The number of benzene rings is 6. The molecule has 0 atom stereocenters. The number of fused-ring (bicyclic) bond motifs is 4. The summed E-state index contributed by atoms with van der Waals surface area (Å²) >= 11 is 6.27. The van der Waals surface area contributed by atoms with E-state index in [1.807, 2.05) is 66.7 Å². The Bertz CT molecular complexity index is 2130. The maximum atomic E-state index is 8.58. The number of aromatic nitrogens is 3. The minimum absolute atomic E-state index is 0.0361. The molecule has 7 rings (SSSR count). The molecule has 0 spiro atoms. The molecule has 0 fully saturated rings. The summed E-state index contributed by atoms with van der Waals surface area (Å²) in [7, 11) is 0. The molecule has 174 valence electrons. The van der Waals surface area contributed by atoms with Crippen molar-refractivity contribution in [3.05, 3.63) is 126 Å². The fraction of sp³-hybridized carbons (Fsp3) is 0. The van der Waals surface area contributed by atoms with Gasteiger partial charge in [-0.05, 0) is 56.5 Å². The van der Waals surface area contributed by atoms with Gasteiger partial charge in [-0.15, -0.1) is 0 Å². The minimum Gasteiger partial charge on any atom is -0.208 e. The fourth-order valence-electron chi connectivity index (χ4n) is 4.70. The Morgan fingerprint density at radius 3 is 1.86 bits per heavy atom. The smallest absolute Gasteiger partial charge is 0.164 e. The Kier molecular flexibility index (Phi) is 4.44. The van der Waals surface area contributed by atoms with Gasteiger partial charge in [0.15, 0.2) is 17.5 Å². The van der Waals surface area contributed by atoms with E-state index in [1.54, 1.807) is 0 Å². The monoisotopic (exact) mass is 496 g/mol. The summed E-state index contributed by atoms with van der Waals surface area (Å²) in [5.74, 6) is 1.02. The largest absolute Gasteiger partial charge is 0.208 e. The summed E-state index contributed by atoms with van der Waals surface area (Å²) in [5, 5.41) is 6.62. The van der Waals surface area contributed by atoms with Gasteiger partial charge in [0, 0.05) is 21.7 Å². The highest BCUT2D eigenvalue weighted by atomic mass is 35.5. The first kappa shape index (κ1) is 18.6. The predicted octanol–water partition coefficient (Wildman–Crippen LogP) is 8.99. The maximum Gasteiger partial charge on any atom is 0.164 e. The van der Waals surface area contributed by atoms with E-state index in [9.17, 15) is 0 Å². The third kappa shape index (κ3) is 4.00. The van der Waals surface area contributed by atoms with Crippen LogP contribution < -0.4 is 0 Å². The van der Waals surface area contributed by atoms with Crippen molar-refractivity contribution in [1.82, 2.24) is 15.0 Å². The Morgan fingerprint density at radius 2 is 1.05 bits per heavy atom. The van der Waals surface area contributed by atoms with Crippen LogP contribution >= 0.6 is 11.6 Å². The third-order valence-corrected chi connectivity index (χ3v) is 6.72. The van der Waals surface area contributed by atoms with Crippen molar-refractivity contribution in [1.29, 1.82) is 0 Å². The average Bonchev–Trinajstić information content (AvgIpc) is 2.99. The van der Waals surface area contributed by atoms with Crippen LogP contribution in [0.2, 0.25) is 5.02 Å². The van der Waals surface area contributed by atoms with E-state index in [0.29, 0.717) is 11.6 Å². The van der Waals surface area contributed by atoms with Gasteiger partial charge < -0.3 is 0 Å². The van der Waals surface area contributed by atoms with Crippen LogP contribution in [0.5, 0.6) is 0 Å². The van der Waals surface area contributed by atoms with Gasteiger partial charge in [0.2, 0.25) is 0 Å². The summed E-state index contributed by atoms with van der Waals surface area (Å²) in [6.45, 7) is 0. The van der Waals surface area contributed by atoms with Crippen molar-refractivity contribution in [3.63, 3.8) is 0 Å². The highest BCUT2D eigenvalue weighted by molar-refractivity contribution is 6.30. The molecule has 0 aliphatic rings. The molecule has 1 aromatic heterocycles. The first-order valence-electron chi connectivity index (χ1n) is 13.4. The van der Waals surface area contributed by atoms with E-state index in [2.05, 4.69) is 30.3 Å². The lowest BCUT2D eigenvalue weighted by atomic mass is 10.00. The van der Waals surface area contributed by atoms with Crippen LogP contribution in [-0.4, -0.2) is 15.0 Å². The van der Waals surface area contributed by atoms with Crippen LogP contribution in [0.3, 0.4) is 0 Å². The van der Waals surface area contributed by atoms with Crippen LogP contribution in [0.4, 0.5) is 0 Å². The zero-order valence-corrected chi connectivity index (χ0v) is 20.3. The SMILES string of the molecule is [2H]c1cc([2H])c(-c2nc(-c3ccc4ccccc4c3)nc(-c3ccc4c(ccc5ccccc54)c3)n2)c([2H])c1Cl. The minimum atomic E-state index is -0.147. The molecule has 0 aliphatic heterocycles. The lowest BCUT2D eigenvalue weighted by molar-refractivity contribution is 1.08. The summed E-state index contributed by atoms with van der Waals surface area (Å²) in [6.07, 6.45) is 0. The number of halogens is 1. The fourth-order valence-corrected chi connectivity index (χ4v) is 4.85. The molecular weight excluding hydrogens is 474 g/mol. The summed E-state index contributed by atoms with van der Waals surface area (Å²) < 4.78 is 25.1. The molecule has 0 amide bonds. The summed E-state index contributed by atoms with van der Waals surface area (Å²) in [6, 6.07) is 33.7. The van der Waals surface area contributed by atoms with Crippen LogP contribution in [-0.2, 0) is 0 Å². The van der Waals surface area contributed by atoms with E-state index in [0.717, 1.165) is 32.7 Å². The molecule has 6 aromatic carbocycles. The van der Waals surface area contributed by atoms with Gasteiger partial charge in [-0.3, -0.25) is 0 Å². The van der Waals surface area contributed by atoms with Crippen molar-refractivity contribution >= 4 is 43.9 Å². The highest BCUT2D eigenvalue weighted by Crippen LogP contribution is 2.31. The number of rotatable bonds is 3. The van der Waals surface area contributed by atoms with Crippen LogP contribution in [0, 0.1) is 0 Å².